The Morgan fingerprint density at radius 3 is 1.77 bits per heavy atom. The molecule has 1 amide bonds. The Kier molecular flexibility index (Phi) is 20.7. The van der Waals surface area contributed by atoms with E-state index in [9.17, 15) is 50.0 Å². The van der Waals surface area contributed by atoms with Crippen molar-refractivity contribution in [3.8, 4) is 45.6 Å². The van der Waals surface area contributed by atoms with E-state index in [0.717, 1.165) is 46.6 Å². The lowest BCUT2D eigenvalue weighted by atomic mass is 9.44. The number of aliphatic hydroxyl groups is 5. The van der Waals surface area contributed by atoms with Gasteiger partial charge >= 0.3 is 7.12 Å². The molecular formula is C66H88BBrN4O18. The highest BCUT2D eigenvalue weighted by molar-refractivity contribution is 9.10. The summed E-state index contributed by atoms with van der Waals surface area (Å²) in [6, 6.07) is 16.5. The Morgan fingerprint density at radius 2 is 1.23 bits per heavy atom. The number of hydrogen-bond donors (Lipinski definition) is 9. The van der Waals surface area contributed by atoms with Gasteiger partial charge in [-0.1, -0.05) is 93.9 Å². The quantitative estimate of drug-likeness (QED) is 0.0323. The van der Waals surface area contributed by atoms with Crippen molar-refractivity contribution in [3.05, 3.63) is 87.4 Å². The molecule has 6 saturated carbocycles. The number of halogens is 1. The first-order chi connectivity index (χ1) is 42.9. The smallest absolute Gasteiger partial charge is 0.492 e. The molecule has 24 heteroatoms. The van der Waals surface area contributed by atoms with Gasteiger partial charge in [0.05, 0.1) is 69.9 Å². The number of benzene rings is 4. The maximum Gasteiger partial charge on any atom is 0.492 e. The Bertz CT molecular complexity index is 3230. The molecule has 90 heavy (non-hydrogen) atoms. The number of aldehydes is 2. The molecule has 0 radical (unpaired) electrons. The predicted molar refractivity (Wildman–Crippen MR) is 335 cm³/mol. The van der Waals surface area contributed by atoms with Crippen molar-refractivity contribution in [2.45, 2.75) is 149 Å². The van der Waals surface area contributed by atoms with E-state index in [1.54, 1.807) is 62.4 Å². The molecule has 2 saturated heterocycles. The molecule has 6 aliphatic carbocycles. The second-order valence-corrected chi connectivity index (χ2v) is 27.7. The Labute approximate surface area is 534 Å². The number of nitrogens with zero attached hydrogens (tertiary/aromatic N) is 2. The van der Waals surface area contributed by atoms with Crippen molar-refractivity contribution < 1.29 is 88.1 Å². The number of amides is 1. The maximum atomic E-state index is 13.7. The molecule has 4 aromatic carbocycles. The van der Waals surface area contributed by atoms with Crippen LogP contribution >= 0.6 is 15.9 Å². The minimum atomic E-state index is -1.72. The van der Waals surface area contributed by atoms with Crippen LogP contribution in [0.5, 0.6) is 34.5 Å². The Balaban J connectivity index is 0.000000169. The number of carbonyl (C=O) groups is 3. The second kappa shape index (κ2) is 27.6. The zero-order valence-electron chi connectivity index (χ0n) is 52.8. The zero-order chi connectivity index (χ0) is 64.8. The first-order valence-electron chi connectivity index (χ1n) is 31.2. The fraction of sp³-hybridized carbons (Fsp3) is 0.591. The number of ether oxygens (including phenoxy) is 6. The number of fused-ring (bicyclic) bond motifs is 6. The van der Waals surface area contributed by atoms with Crippen molar-refractivity contribution in [2.75, 3.05) is 41.0 Å². The van der Waals surface area contributed by atoms with Crippen molar-refractivity contribution in [2.24, 2.45) is 58.2 Å². The van der Waals surface area contributed by atoms with E-state index in [1.165, 1.54) is 25.0 Å². The number of aliphatic hydroxyl groups excluding tert-OH is 5. The van der Waals surface area contributed by atoms with Crippen LogP contribution in [0.2, 0.25) is 0 Å². The fourth-order valence-electron chi connectivity index (χ4n) is 16.2. The van der Waals surface area contributed by atoms with E-state index in [-0.39, 0.29) is 69.1 Å². The van der Waals surface area contributed by atoms with Crippen molar-refractivity contribution in [3.63, 3.8) is 0 Å². The van der Waals surface area contributed by atoms with Crippen molar-refractivity contribution in [1.29, 1.82) is 0 Å². The molecule has 10 aliphatic rings. The third-order valence-electron chi connectivity index (χ3n) is 21.4. The number of methoxy groups -OCH3 is 2. The lowest BCUT2D eigenvalue weighted by Crippen LogP contribution is -2.63. The molecule has 17 atom stereocenters. The average Bonchev–Trinajstić information content (AvgIpc) is 1.02. The van der Waals surface area contributed by atoms with E-state index in [4.69, 9.17) is 38.1 Å². The third kappa shape index (κ3) is 12.9. The second-order valence-electron chi connectivity index (χ2n) is 26.8. The van der Waals surface area contributed by atoms with Crippen LogP contribution in [0.25, 0.3) is 11.1 Å². The van der Waals surface area contributed by atoms with Crippen LogP contribution < -0.4 is 44.5 Å². The fourth-order valence-corrected chi connectivity index (χ4v) is 16.7. The number of nitrogens with one attached hydrogen (secondary N) is 2. The summed E-state index contributed by atoms with van der Waals surface area (Å²) in [7, 11) is 1.30. The predicted octanol–water partition coefficient (Wildman–Crippen LogP) is 5.38. The largest absolute Gasteiger partial charge is 0.497 e. The highest BCUT2D eigenvalue weighted by Crippen LogP contribution is 2.62. The summed E-state index contributed by atoms with van der Waals surface area (Å²) >= 11 is 3.26. The van der Waals surface area contributed by atoms with Gasteiger partial charge in [-0.25, -0.2) is 0 Å². The molecule has 490 valence electrons. The van der Waals surface area contributed by atoms with Crippen LogP contribution in [-0.4, -0.2) is 167 Å². The van der Waals surface area contributed by atoms with Gasteiger partial charge in [-0.15, -0.1) is 0 Å². The molecular weight excluding hydrogens is 1230 g/mol. The van der Waals surface area contributed by atoms with Gasteiger partial charge in [0, 0.05) is 50.5 Å². The van der Waals surface area contributed by atoms with Crippen LogP contribution in [0.15, 0.2) is 65.1 Å². The summed E-state index contributed by atoms with van der Waals surface area (Å²) in [6.45, 7) is 17.0. The first kappa shape index (κ1) is 67.4. The minimum absolute atomic E-state index is 0.0475. The number of rotatable bonds is 19. The lowest BCUT2D eigenvalue weighted by Gasteiger charge is -2.62. The first-order valence-corrected chi connectivity index (χ1v) is 32.0. The van der Waals surface area contributed by atoms with Crippen LogP contribution in [0.4, 0.5) is 0 Å². The summed E-state index contributed by atoms with van der Waals surface area (Å²) in [5.41, 5.74) is 4.57. The molecule has 9 N–H and O–H groups in total. The van der Waals surface area contributed by atoms with E-state index in [2.05, 4.69) is 68.1 Å². The molecule has 4 aliphatic heterocycles. The Morgan fingerprint density at radius 1 is 0.711 bits per heavy atom. The molecule has 22 nitrogen and oxygen atoms in total. The highest BCUT2D eigenvalue weighted by Gasteiger charge is 2.59. The number of carbonyl (C=O) groups excluding carboxylic acids is 3. The summed E-state index contributed by atoms with van der Waals surface area (Å²) in [4.78, 5) is 48.3. The lowest BCUT2D eigenvalue weighted by molar-refractivity contribution is -0.195. The van der Waals surface area contributed by atoms with Gasteiger partial charge in [0.2, 0.25) is 19.5 Å². The minimum Gasteiger partial charge on any atom is -0.497 e. The SMILES string of the molecule is COc1c(CN2O[C@@H](CO)[C@@H]([C@H](C)O)[C@H]2C(=O)N[C@H]2C[C@H]3C[C@@H]([C@@H]2C)C3(C)C)cccc1B(O)O.COc1c(CN2O[C@@H](CO)[C@@H]([C@H](C)O)[C@H]2C(O)N[C@H]2C[C@H]3C[C@@H]([C@@H]2C)C3(C)C)cccc1-c1cc(C=O)c2c(c1)OCO2.O=Cc1cc(Br)cc2c1OCO2. The molecule has 4 heterocycles. The highest BCUT2D eigenvalue weighted by atomic mass is 79.9. The van der Waals surface area contributed by atoms with Crippen LogP contribution in [-0.2, 0) is 27.6 Å². The third-order valence-corrected chi connectivity index (χ3v) is 21.8. The molecule has 0 spiro atoms. The van der Waals surface area contributed by atoms with Crippen LogP contribution in [0.1, 0.15) is 113 Å². The van der Waals surface area contributed by atoms with Crippen molar-refractivity contribution in [1.82, 2.24) is 20.8 Å². The number of hydrogen-bond acceptors (Lipinski definition) is 21. The van der Waals surface area contributed by atoms with E-state index in [1.807, 2.05) is 24.3 Å². The average molecular weight is 1320 g/mol. The van der Waals surface area contributed by atoms with Gasteiger partial charge in [-0.2, -0.15) is 10.1 Å². The Hall–Kier alpha value is -5.45. The molecule has 4 bridgehead atoms. The summed E-state index contributed by atoms with van der Waals surface area (Å²) in [5.74, 6) is 4.65. The van der Waals surface area contributed by atoms with Gasteiger partial charge < -0.3 is 69.3 Å². The van der Waals surface area contributed by atoms with Gasteiger partial charge in [0.1, 0.15) is 36.0 Å². The standard InChI is InChI=1S/C33H44N2O8.C25H39BN2O7.C8H5BrO3/c1-17-24-11-22(33(24,3)4)12-25(17)34-32(39)29-28(18(2)38)27(15-37)43-35(29)13-19-7-6-8-23(30(19)40-5)20-9-21(14-36)31-26(10-20)41-16-42-31;1-13-17-9-16(25(17,3)4)10-19(13)27-24(31)22-21(14(2)30)20(12-29)35-28(22)11-15-7-6-8-18(26(32)33)23(15)34-5;9-6-1-5(3-10)8-7(2-6)11-4-12-8/h6-10,14,17-18,22,24-25,27-29,32,34,37-39H,11-13,15-16H2,1-5H3;6-8,13-14,16-17,19-22,29-30,32-33H,9-12H2,1-5H3,(H,27,31);1-3H,4H2/t17-,18-,22+,24-,25-,27-,28+,29-,32?;13-,14-,16+,17-,19-,20-,21+,22-;/m00./s1. The van der Waals surface area contributed by atoms with E-state index >= 15 is 0 Å². The summed E-state index contributed by atoms with van der Waals surface area (Å²) in [6.07, 6.45) is 1.69. The van der Waals surface area contributed by atoms with Crippen LogP contribution in [0.3, 0.4) is 0 Å². The molecule has 8 fully saturated rings. The molecule has 14 rings (SSSR count). The zero-order valence-corrected chi connectivity index (χ0v) is 54.4. The molecule has 1 unspecified atom stereocenters. The van der Waals surface area contributed by atoms with Crippen molar-refractivity contribution >= 4 is 47.0 Å². The van der Waals surface area contributed by atoms with Gasteiger partial charge in [-0.3, -0.25) is 29.4 Å². The molecule has 0 aromatic heterocycles. The topological polar surface area (TPSA) is 297 Å². The van der Waals surface area contributed by atoms with E-state index < -0.39 is 61.7 Å². The number of para-hydroxylation sites is 2. The van der Waals surface area contributed by atoms with Gasteiger partial charge in [0.25, 0.3) is 0 Å². The normalized spacial score (nSPS) is 30.6. The number of hydroxylamine groups is 4. The maximum absolute atomic E-state index is 13.7. The molecule has 4 aromatic rings. The monoisotopic (exact) mass is 1310 g/mol. The van der Waals surface area contributed by atoms with Crippen LogP contribution in [0, 0.1) is 58.2 Å². The van der Waals surface area contributed by atoms with Gasteiger partial charge in [-0.05, 0) is 116 Å². The summed E-state index contributed by atoms with van der Waals surface area (Å²) in [5, 5.41) is 82.6. The summed E-state index contributed by atoms with van der Waals surface area (Å²) < 4.78 is 33.4. The van der Waals surface area contributed by atoms with E-state index in [0.29, 0.717) is 91.8 Å². The van der Waals surface area contributed by atoms with Gasteiger partial charge in [0.15, 0.2) is 35.6 Å².